The summed E-state index contributed by atoms with van der Waals surface area (Å²) in [7, 11) is 0. The van der Waals surface area contributed by atoms with E-state index in [0.717, 1.165) is 38.3 Å². The van der Waals surface area contributed by atoms with Crippen LogP contribution in [0.15, 0.2) is 18.2 Å². The highest BCUT2D eigenvalue weighted by Gasteiger charge is 2.04. The van der Waals surface area contributed by atoms with E-state index in [4.69, 9.17) is 23.2 Å². The largest absolute Gasteiger partial charge is 0.311 e. The molecular weight excluding hydrogens is 255 g/mol. The van der Waals surface area contributed by atoms with Crippen molar-refractivity contribution in [2.24, 2.45) is 0 Å². The van der Waals surface area contributed by atoms with Crippen molar-refractivity contribution in [1.29, 1.82) is 0 Å². The Morgan fingerprint density at radius 2 is 1.88 bits per heavy atom. The Morgan fingerprint density at radius 1 is 1.18 bits per heavy atom. The standard InChI is InChI=1S/C13H20Cl2N2/c1-3-17(4-2)9-8-16-10-11-6-5-7-12(14)13(11)15/h5-7,16H,3-4,8-10H2,1-2H3. The number of nitrogens with zero attached hydrogens (tertiary/aromatic N) is 1. The van der Waals surface area contributed by atoms with Crippen molar-refractivity contribution in [1.82, 2.24) is 10.2 Å². The Labute approximate surface area is 114 Å². The van der Waals surface area contributed by atoms with E-state index in [1.54, 1.807) is 0 Å². The van der Waals surface area contributed by atoms with Gasteiger partial charge in [0.1, 0.15) is 0 Å². The van der Waals surface area contributed by atoms with Gasteiger partial charge in [0.05, 0.1) is 10.0 Å². The molecule has 1 rings (SSSR count). The first-order valence-electron chi connectivity index (χ1n) is 6.05. The highest BCUT2D eigenvalue weighted by Crippen LogP contribution is 2.25. The van der Waals surface area contributed by atoms with Gasteiger partial charge in [0.15, 0.2) is 0 Å². The fraction of sp³-hybridized carbons (Fsp3) is 0.538. The van der Waals surface area contributed by atoms with Gasteiger partial charge >= 0.3 is 0 Å². The zero-order chi connectivity index (χ0) is 12.7. The molecule has 1 aromatic carbocycles. The van der Waals surface area contributed by atoms with Crippen LogP contribution in [0.4, 0.5) is 0 Å². The normalized spacial score (nSPS) is 11.1. The third-order valence-electron chi connectivity index (χ3n) is 2.85. The summed E-state index contributed by atoms with van der Waals surface area (Å²) in [6.45, 7) is 9.33. The van der Waals surface area contributed by atoms with Crippen LogP contribution in [0.25, 0.3) is 0 Å². The highest BCUT2D eigenvalue weighted by molar-refractivity contribution is 6.42. The Bertz CT molecular complexity index is 338. The van der Waals surface area contributed by atoms with Gasteiger partial charge in [0.2, 0.25) is 0 Å². The topological polar surface area (TPSA) is 15.3 Å². The van der Waals surface area contributed by atoms with Crippen molar-refractivity contribution in [2.75, 3.05) is 26.2 Å². The van der Waals surface area contributed by atoms with Gasteiger partial charge in [-0.25, -0.2) is 0 Å². The smallest absolute Gasteiger partial charge is 0.0637 e. The molecule has 0 bridgehead atoms. The summed E-state index contributed by atoms with van der Waals surface area (Å²) in [6, 6.07) is 5.73. The molecule has 0 radical (unpaired) electrons. The van der Waals surface area contributed by atoms with Gasteiger partial charge in [-0.3, -0.25) is 0 Å². The molecule has 0 aliphatic rings. The first kappa shape index (κ1) is 14.8. The molecule has 1 N–H and O–H groups in total. The lowest BCUT2D eigenvalue weighted by atomic mass is 10.2. The summed E-state index contributed by atoms with van der Waals surface area (Å²) in [4.78, 5) is 2.38. The number of rotatable bonds is 7. The van der Waals surface area contributed by atoms with E-state index in [0.29, 0.717) is 10.0 Å². The summed E-state index contributed by atoms with van der Waals surface area (Å²) in [5, 5.41) is 4.66. The minimum absolute atomic E-state index is 0.620. The van der Waals surface area contributed by atoms with Gasteiger partial charge in [-0.05, 0) is 24.7 Å². The van der Waals surface area contributed by atoms with E-state index in [9.17, 15) is 0 Å². The second kappa shape index (κ2) is 7.93. The lowest BCUT2D eigenvalue weighted by Gasteiger charge is -2.18. The highest BCUT2D eigenvalue weighted by atomic mass is 35.5. The third-order valence-corrected chi connectivity index (χ3v) is 3.70. The van der Waals surface area contributed by atoms with Crippen LogP contribution < -0.4 is 5.32 Å². The van der Waals surface area contributed by atoms with Crippen LogP contribution in [0.2, 0.25) is 10.0 Å². The van der Waals surface area contributed by atoms with Gasteiger partial charge in [-0.1, -0.05) is 49.2 Å². The molecule has 2 nitrogen and oxygen atoms in total. The Morgan fingerprint density at radius 3 is 2.53 bits per heavy atom. The maximum Gasteiger partial charge on any atom is 0.0637 e. The monoisotopic (exact) mass is 274 g/mol. The quantitative estimate of drug-likeness (QED) is 0.767. The van der Waals surface area contributed by atoms with Crippen molar-refractivity contribution in [3.05, 3.63) is 33.8 Å². The van der Waals surface area contributed by atoms with Crippen LogP contribution in [0.3, 0.4) is 0 Å². The van der Waals surface area contributed by atoms with Gasteiger partial charge in [-0.2, -0.15) is 0 Å². The molecule has 0 aliphatic carbocycles. The Balaban J connectivity index is 2.33. The number of benzene rings is 1. The number of halogens is 2. The molecule has 0 atom stereocenters. The molecule has 0 heterocycles. The minimum Gasteiger partial charge on any atom is -0.311 e. The minimum atomic E-state index is 0.620. The van der Waals surface area contributed by atoms with Gasteiger partial charge in [0.25, 0.3) is 0 Å². The maximum atomic E-state index is 6.11. The third kappa shape index (κ3) is 4.84. The van der Waals surface area contributed by atoms with Crippen LogP contribution in [0.1, 0.15) is 19.4 Å². The first-order chi connectivity index (χ1) is 8.19. The van der Waals surface area contributed by atoms with E-state index < -0.39 is 0 Å². The van der Waals surface area contributed by atoms with E-state index in [-0.39, 0.29) is 0 Å². The van der Waals surface area contributed by atoms with E-state index >= 15 is 0 Å². The second-order valence-electron chi connectivity index (χ2n) is 3.92. The number of nitrogens with one attached hydrogen (secondary N) is 1. The molecule has 0 spiro atoms. The average molecular weight is 275 g/mol. The predicted octanol–water partition coefficient (Wildman–Crippen LogP) is 3.42. The molecule has 17 heavy (non-hydrogen) atoms. The predicted molar refractivity (Wildman–Crippen MR) is 76.0 cm³/mol. The van der Waals surface area contributed by atoms with Crippen molar-refractivity contribution in [3.8, 4) is 0 Å². The molecule has 0 unspecified atom stereocenters. The number of likely N-dealkylation sites (N-methyl/N-ethyl adjacent to an activating group) is 1. The number of hydrogen-bond acceptors (Lipinski definition) is 2. The van der Waals surface area contributed by atoms with Crippen molar-refractivity contribution >= 4 is 23.2 Å². The molecule has 0 saturated carbocycles. The molecule has 4 heteroatoms. The molecule has 0 amide bonds. The lowest BCUT2D eigenvalue weighted by Crippen LogP contribution is -2.31. The van der Waals surface area contributed by atoms with Crippen molar-refractivity contribution < 1.29 is 0 Å². The van der Waals surface area contributed by atoms with Gasteiger partial charge < -0.3 is 10.2 Å². The SMILES string of the molecule is CCN(CC)CCNCc1cccc(Cl)c1Cl. The van der Waals surface area contributed by atoms with Crippen molar-refractivity contribution in [2.45, 2.75) is 20.4 Å². The second-order valence-corrected chi connectivity index (χ2v) is 4.70. The van der Waals surface area contributed by atoms with Crippen LogP contribution in [0.5, 0.6) is 0 Å². The van der Waals surface area contributed by atoms with Crippen molar-refractivity contribution in [3.63, 3.8) is 0 Å². The van der Waals surface area contributed by atoms with E-state index in [1.807, 2.05) is 18.2 Å². The fourth-order valence-electron chi connectivity index (χ4n) is 1.69. The van der Waals surface area contributed by atoms with Crippen LogP contribution in [-0.2, 0) is 6.54 Å². The molecule has 96 valence electrons. The fourth-order valence-corrected chi connectivity index (χ4v) is 2.07. The first-order valence-corrected chi connectivity index (χ1v) is 6.80. The summed E-state index contributed by atoms with van der Waals surface area (Å²) < 4.78 is 0. The van der Waals surface area contributed by atoms with Crippen LogP contribution in [-0.4, -0.2) is 31.1 Å². The molecular formula is C13H20Cl2N2. The zero-order valence-electron chi connectivity index (χ0n) is 10.5. The molecule has 0 fully saturated rings. The summed E-state index contributed by atoms with van der Waals surface area (Å²) >= 11 is 12.1. The molecule has 0 aliphatic heterocycles. The molecule has 1 aromatic rings. The van der Waals surface area contributed by atoms with Gasteiger partial charge in [0, 0.05) is 19.6 Å². The zero-order valence-corrected chi connectivity index (χ0v) is 12.0. The van der Waals surface area contributed by atoms with E-state index in [2.05, 4.69) is 24.1 Å². The Hall–Kier alpha value is -0.280. The summed E-state index contributed by atoms with van der Waals surface area (Å²) in [6.07, 6.45) is 0. The lowest BCUT2D eigenvalue weighted by molar-refractivity contribution is 0.302. The summed E-state index contributed by atoms with van der Waals surface area (Å²) in [5.41, 5.74) is 1.05. The van der Waals surface area contributed by atoms with Crippen LogP contribution >= 0.6 is 23.2 Å². The average Bonchev–Trinajstić information content (AvgIpc) is 2.34. The maximum absolute atomic E-state index is 6.11. The molecule has 0 aromatic heterocycles. The number of hydrogen-bond donors (Lipinski definition) is 1. The van der Waals surface area contributed by atoms with Gasteiger partial charge in [-0.15, -0.1) is 0 Å². The molecule has 0 saturated heterocycles. The summed E-state index contributed by atoms with van der Waals surface area (Å²) in [5.74, 6) is 0. The van der Waals surface area contributed by atoms with E-state index in [1.165, 1.54) is 0 Å². The van der Waals surface area contributed by atoms with Crippen LogP contribution in [0, 0.1) is 0 Å². The Kier molecular flexibility index (Phi) is 6.90.